The zero-order valence-corrected chi connectivity index (χ0v) is 10.8. The number of hydrogen-bond acceptors (Lipinski definition) is 3. The first-order chi connectivity index (χ1) is 7.47. The molecule has 1 atom stereocenters. The maximum atomic E-state index is 5.99. The van der Waals surface area contributed by atoms with Crippen molar-refractivity contribution in [1.29, 1.82) is 0 Å². The summed E-state index contributed by atoms with van der Waals surface area (Å²) in [6.07, 6.45) is 0. The van der Waals surface area contributed by atoms with Gasteiger partial charge in [-0.05, 0) is 25.0 Å². The third-order valence-corrected chi connectivity index (χ3v) is 3.19. The van der Waals surface area contributed by atoms with Gasteiger partial charge in [-0.25, -0.2) is 0 Å². The molecule has 0 aliphatic carbocycles. The lowest BCUT2D eigenvalue weighted by atomic mass is 10.0. The molecule has 0 amide bonds. The number of methoxy groups -OCH3 is 1. The fourth-order valence-corrected chi connectivity index (χ4v) is 1.62. The molecule has 0 aliphatic rings. The zero-order chi connectivity index (χ0) is 12.3. The van der Waals surface area contributed by atoms with E-state index in [1.165, 1.54) is 0 Å². The standard InChI is InChI=1S/C13H22N2O/c1-9(2)10(3)15(4)13-8-11(16-5)6-7-12(13)14/h6-10H,14H2,1-5H3. The maximum Gasteiger partial charge on any atom is 0.121 e. The number of benzene rings is 1. The van der Waals surface area contributed by atoms with Crippen LogP contribution in [0.1, 0.15) is 20.8 Å². The van der Waals surface area contributed by atoms with Crippen LogP contribution in [0.3, 0.4) is 0 Å². The van der Waals surface area contributed by atoms with Crippen LogP contribution in [-0.2, 0) is 0 Å². The smallest absolute Gasteiger partial charge is 0.121 e. The molecule has 1 aromatic rings. The molecule has 3 heteroatoms. The number of hydrogen-bond donors (Lipinski definition) is 1. The Morgan fingerprint density at radius 3 is 2.38 bits per heavy atom. The van der Waals surface area contributed by atoms with Crippen LogP contribution >= 0.6 is 0 Å². The Kier molecular flexibility index (Phi) is 4.05. The first-order valence-corrected chi connectivity index (χ1v) is 5.63. The van der Waals surface area contributed by atoms with Crippen molar-refractivity contribution in [1.82, 2.24) is 0 Å². The lowest BCUT2D eigenvalue weighted by Crippen LogP contribution is -2.33. The molecule has 2 N–H and O–H groups in total. The highest BCUT2D eigenvalue weighted by molar-refractivity contribution is 5.69. The lowest BCUT2D eigenvalue weighted by molar-refractivity contribution is 0.414. The second-order valence-electron chi connectivity index (χ2n) is 4.52. The summed E-state index contributed by atoms with van der Waals surface area (Å²) in [7, 11) is 3.73. The average Bonchev–Trinajstić information content (AvgIpc) is 2.27. The van der Waals surface area contributed by atoms with Crippen molar-refractivity contribution in [3.63, 3.8) is 0 Å². The minimum absolute atomic E-state index is 0.439. The molecule has 0 spiro atoms. The summed E-state index contributed by atoms with van der Waals surface area (Å²) in [5.41, 5.74) is 7.80. The van der Waals surface area contributed by atoms with Crippen molar-refractivity contribution in [2.45, 2.75) is 26.8 Å². The molecule has 0 radical (unpaired) electrons. The summed E-state index contributed by atoms with van der Waals surface area (Å²) >= 11 is 0. The maximum absolute atomic E-state index is 5.99. The van der Waals surface area contributed by atoms with Crippen molar-refractivity contribution in [2.75, 3.05) is 24.8 Å². The minimum atomic E-state index is 0.439. The first-order valence-electron chi connectivity index (χ1n) is 5.63. The molecule has 1 aromatic carbocycles. The van der Waals surface area contributed by atoms with E-state index in [0.717, 1.165) is 17.1 Å². The van der Waals surface area contributed by atoms with E-state index in [2.05, 4.69) is 32.7 Å². The van der Waals surface area contributed by atoms with Crippen LogP contribution < -0.4 is 15.4 Å². The van der Waals surface area contributed by atoms with E-state index in [1.807, 2.05) is 18.2 Å². The largest absolute Gasteiger partial charge is 0.497 e. The number of rotatable bonds is 4. The molecule has 16 heavy (non-hydrogen) atoms. The molecule has 0 fully saturated rings. The molecule has 0 heterocycles. The molecule has 90 valence electrons. The molecule has 1 rings (SSSR count). The molecule has 3 nitrogen and oxygen atoms in total. The molecule has 1 unspecified atom stereocenters. The van der Waals surface area contributed by atoms with Gasteiger partial charge in [0.25, 0.3) is 0 Å². The van der Waals surface area contributed by atoms with Crippen LogP contribution in [0.5, 0.6) is 5.75 Å². The fraction of sp³-hybridized carbons (Fsp3) is 0.538. The summed E-state index contributed by atoms with van der Waals surface area (Å²) in [5.74, 6) is 1.42. The van der Waals surface area contributed by atoms with Crippen LogP contribution in [0.4, 0.5) is 11.4 Å². The molecule has 0 saturated carbocycles. The highest BCUT2D eigenvalue weighted by atomic mass is 16.5. The number of anilines is 2. The highest BCUT2D eigenvalue weighted by Gasteiger charge is 2.16. The predicted octanol–water partition coefficient (Wildman–Crippen LogP) is 2.76. The Morgan fingerprint density at radius 2 is 1.88 bits per heavy atom. The second kappa shape index (κ2) is 5.10. The van der Waals surface area contributed by atoms with Crippen molar-refractivity contribution >= 4 is 11.4 Å². The summed E-state index contributed by atoms with van der Waals surface area (Å²) < 4.78 is 5.22. The van der Waals surface area contributed by atoms with E-state index < -0.39 is 0 Å². The van der Waals surface area contributed by atoms with Crippen LogP contribution in [0.25, 0.3) is 0 Å². The van der Waals surface area contributed by atoms with E-state index in [1.54, 1.807) is 7.11 Å². The molecule has 0 aromatic heterocycles. The zero-order valence-electron chi connectivity index (χ0n) is 10.8. The highest BCUT2D eigenvalue weighted by Crippen LogP contribution is 2.29. The Bertz CT molecular complexity index is 350. The van der Waals surface area contributed by atoms with Crippen molar-refractivity contribution in [3.05, 3.63) is 18.2 Å². The lowest BCUT2D eigenvalue weighted by Gasteiger charge is -2.31. The summed E-state index contributed by atoms with van der Waals surface area (Å²) in [6, 6.07) is 6.19. The van der Waals surface area contributed by atoms with E-state index >= 15 is 0 Å². The number of nitrogens with two attached hydrogens (primary N) is 1. The Balaban J connectivity index is 3.02. The Labute approximate surface area is 98.2 Å². The van der Waals surface area contributed by atoms with Gasteiger partial charge in [-0.15, -0.1) is 0 Å². The monoisotopic (exact) mass is 222 g/mol. The van der Waals surface area contributed by atoms with Gasteiger partial charge >= 0.3 is 0 Å². The van der Waals surface area contributed by atoms with E-state index in [9.17, 15) is 0 Å². The second-order valence-corrected chi connectivity index (χ2v) is 4.52. The third-order valence-electron chi connectivity index (χ3n) is 3.19. The molecular weight excluding hydrogens is 200 g/mol. The van der Waals surface area contributed by atoms with Gasteiger partial charge < -0.3 is 15.4 Å². The van der Waals surface area contributed by atoms with Gasteiger partial charge in [0.1, 0.15) is 5.75 Å². The normalized spacial score (nSPS) is 12.6. The molecular formula is C13H22N2O. The van der Waals surface area contributed by atoms with Gasteiger partial charge in [0.15, 0.2) is 0 Å². The van der Waals surface area contributed by atoms with E-state index in [0.29, 0.717) is 12.0 Å². The van der Waals surface area contributed by atoms with Gasteiger partial charge in [0, 0.05) is 19.2 Å². The average molecular weight is 222 g/mol. The van der Waals surface area contributed by atoms with Crippen LogP contribution in [0.2, 0.25) is 0 Å². The number of nitrogens with zero attached hydrogens (tertiary/aromatic N) is 1. The van der Waals surface area contributed by atoms with Crippen molar-refractivity contribution < 1.29 is 4.74 Å². The summed E-state index contributed by atoms with van der Waals surface area (Å²) in [6.45, 7) is 6.61. The molecule has 0 aliphatic heterocycles. The third kappa shape index (κ3) is 2.60. The predicted molar refractivity (Wildman–Crippen MR) is 70.1 cm³/mol. The number of ether oxygens (including phenoxy) is 1. The van der Waals surface area contributed by atoms with Crippen molar-refractivity contribution in [3.8, 4) is 5.75 Å². The van der Waals surface area contributed by atoms with Crippen LogP contribution in [0.15, 0.2) is 18.2 Å². The summed E-state index contributed by atoms with van der Waals surface area (Å²) in [5, 5.41) is 0. The molecule has 0 saturated heterocycles. The van der Waals surface area contributed by atoms with Gasteiger partial charge in [0.2, 0.25) is 0 Å². The SMILES string of the molecule is COc1ccc(N)c(N(C)C(C)C(C)C)c1. The van der Waals surface area contributed by atoms with Gasteiger partial charge in [0.05, 0.1) is 18.5 Å². The first kappa shape index (κ1) is 12.7. The molecule has 0 bridgehead atoms. The van der Waals surface area contributed by atoms with E-state index in [4.69, 9.17) is 10.5 Å². The van der Waals surface area contributed by atoms with Gasteiger partial charge in [-0.1, -0.05) is 13.8 Å². The fourth-order valence-electron chi connectivity index (χ4n) is 1.62. The van der Waals surface area contributed by atoms with Gasteiger partial charge in [-0.3, -0.25) is 0 Å². The number of nitrogen functional groups attached to an aromatic ring is 1. The quantitative estimate of drug-likeness (QED) is 0.796. The van der Waals surface area contributed by atoms with E-state index in [-0.39, 0.29) is 0 Å². The van der Waals surface area contributed by atoms with Crippen molar-refractivity contribution in [2.24, 2.45) is 5.92 Å². The van der Waals surface area contributed by atoms with Gasteiger partial charge in [-0.2, -0.15) is 0 Å². The Morgan fingerprint density at radius 1 is 1.25 bits per heavy atom. The Hall–Kier alpha value is -1.38. The summed E-state index contributed by atoms with van der Waals surface area (Å²) in [4.78, 5) is 2.20. The topological polar surface area (TPSA) is 38.5 Å². The van der Waals surface area contributed by atoms with Crippen LogP contribution in [0, 0.1) is 5.92 Å². The van der Waals surface area contributed by atoms with Crippen LogP contribution in [-0.4, -0.2) is 20.2 Å². The minimum Gasteiger partial charge on any atom is -0.497 e.